The van der Waals surface area contributed by atoms with E-state index in [9.17, 15) is 4.79 Å². The number of H-pyrrole nitrogens is 1. The average molecular weight is 465 g/mol. The van der Waals surface area contributed by atoms with Crippen LogP contribution in [0.1, 0.15) is 18.5 Å². The Morgan fingerprint density at radius 3 is 3.12 bits per heavy atom. The third kappa shape index (κ3) is 3.54. The normalized spacial score (nSPS) is 16.4. The summed E-state index contributed by atoms with van der Waals surface area (Å²) in [5.74, 6) is 1.36. The Bertz CT molecular complexity index is 1460. The minimum Gasteiger partial charge on any atom is -0.376 e. The van der Waals surface area contributed by atoms with Gasteiger partial charge in [-0.15, -0.1) is 21.5 Å². The van der Waals surface area contributed by atoms with Gasteiger partial charge < -0.3 is 9.72 Å². The summed E-state index contributed by atoms with van der Waals surface area (Å²) in [6.45, 7) is 1.50. The van der Waals surface area contributed by atoms with Gasteiger partial charge in [-0.05, 0) is 18.9 Å². The Morgan fingerprint density at radius 1 is 1.28 bits per heavy atom. The second-order valence-corrected chi connectivity index (χ2v) is 9.55. The molecule has 162 valence electrons. The Balaban J connectivity index is 1.35. The molecule has 0 aliphatic carbocycles. The number of aromatic nitrogens is 6. The van der Waals surface area contributed by atoms with Gasteiger partial charge in [0.2, 0.25) is 0 Å². The molecular formula is C22H20N6O2S2. The van der Waals surface area contributed by atoms with Crippen LogP contribution in [0.4, 0.5) is 0 Å². The molecule has 1 atom stereocenters. The fourth-order valence-electron chi connectivity index (χ4n) is 4.11. The van der Waals surface area contributed by atoms with Crippen molar-refractivity contribution in [2.75, 3.05) is 6.61 Å². The van der Waals surface area contributed by atoms with Crippen LogP contribution in [0.15, 0.2) is 58.1 Å². The van der Waals surface area contributed by atoms with Crippen LogP contribution in [-0.4, -0.2) is 41.8 Å². The number of aromatic amines is 1. The number of fused-ring (bicyclic) bond motifs is 2. The molecule has 32 heavy (non-hydrogen) atoms. The Hall–Kier alpha value is -2.95. The second-order valence-electron chi connectivity index (χ2n) is 7.73. The molecule has 1 aromatic carbocycles. The van der Waals surface area contributed by atoms with E-state index in [0.29, 0.717) is 17.3 Å². The first kappa shape index (κ1) is 19.7. The molecule has 10 heteroatoms. The van der Waals surface area contributed by atoms with Crippen molar-refractivity contribution < 1.29 is 4.74 Å². The van der Waals surface area contributed by atoms with Crippen molar-refractivity contribution in [3.05, 3.63) is 64.2 Å². The lowest BCUT2D eigenvalue weighted by molar-refractivity contribution is 0.0953. The summed E-state index contributed by atoms with van der Waals surface area (Å²) in [6.07, 6.45) is 6.00. The maximum Gasteiger partial charge on any atom is 0.258 e. The summed E-state index contributed by atoms with van der Waals surface area (Å²) in [4.78, 5) is 21.0. The van der Waals surface area contributed by atoms with Gasteiger partial charge in [0.1, 0.15) is 0 Å². The molecule has 0 bridgehead atoms. The van der Waals surface area contributed by atoms with E-state index in [2.05, 4.69) is 36.9 Å². The molecule has 4 aromatic heterocycles. The van der Waals surface area contributed by atoms with Crippen molar-refractivity contribution in [1.82, 2.24) is 29.1 Å². The van der Waals surface area contributed by atoms with E-state index in [1.807, 2.05) is 23.7 Å². The number of ether oxygens (including phenoxy) is 1. The predicted molar refractivity (Wildman–Crippen MR) is 125 cm³/mol. The Labute approximate surface area is 191 Å². The largest absolute Gasteiger partial charge is 0.376 e. The smallest absolute Gasteiger partial charge is 0.258 e. The lowest BCUT2D eigenvalue weighted by atomic mass is 10.1. The SMILES string of the molecule is O=c1cc(CSc2nnc(-c3c[nH]c4ccccc34)n2CC2CCCO2)nc2sccn12. The Kier molecular flexibility index (Phi) is 5.05. The molecule has 8 nitrogen and oxygen atoms in total. The number of para-hydroxylation sites is 1. The van der Waals surface area contributed by atoms with Crippen molar-refractivity contribution >= 4 is 39.0 Å². The first-order valence-electron chi connectivity index (χ1n) is 10.5. The third-order valence-electron chi connectivity index (χ3n) is 5.66. The molecule has 0 amide bonds. The summed E-state index contributed by atoms with van der Waals surface area (Å²) in [7, 11) is 0. The molecule has 1 fully saturated rings. The molecule has 5 heterocycles. The zero-order valence-corrected chi connectivity index (χ0v) is 18.7. The van der Waals surface area contributed by atoms with Crippen LogP contribution in [0.3, 0.4) is 0 Å². The number of benzene rings is 1. The molecule has 6 rings (SSSR count). The highest BCUT2D eigenvalue weighted by Crippen LogP contribution is 2.32. The number of thioether (sulfide) groups is 1. The second kappa shape index (κ2) is 8.19. The fourth-order valence-corrected chi connectivity index (χ4v) is 5.69. The molecule has 1 N–H and O–H groups in total. The molecule has 1 unspecified atom stereocenters. The van der Waals surface area contributed by atoms with E-state index in [1.54, 1.807) is 28.4 Å². The first-order chi connectivity index (χ1) is 15.8. The van der Waals surface area contributed by atoms with E-state index in [4.69, 9.17) is 4.74 Å². The van der Waals surface area contributed by atoms with Gasteiger partial charge in [-0.3, -0.25) is 13.8 Å². The molecule has 0 radical (unpaired) electrons. The molecule has 1 aliphatic rings. The molecule has 1 saturated heterocycles. The van der Waals surface area contributed by atoms with Crippen LogP contribution in [0.5, 0.6) is 0 Å². The number of rotatable bonds is 6. The summed E-state index contributed by atoms with van der Waals surface area (Å²) in [5.41, 5.74) is 2.77. The number of thiazole rings is 1. The van der Waals surface area contributed by atoms with Crippen LogP contribution in [0.2, 0.25) is 0 Å². The molecule has 0 saturated carbocycles. The maximum absolute atomic E-state index is 12.3. The highest BCUT2D eigenvalue weighted by Gasteiger charge is 2.23. The molecule has 1 aliphatic heterocycles. The zero-order chi connectivity index (χ0) is 21.5. The van der Waals surface area contributed by atoms with Crippen LogP contribution in [-0.2, 0) is 17.0 Å². The van der Waals surface area contributed by atoms with Crippen molar-refractivity contribution in [1.29, 1.82) is 0 Å². The van der Waals surface area contributed by atoms with Crippen molar-refractivity contribution in [2.24, 2.45) is 0 Å². The Morgan fingerprint density at radius 2 is 2.22 bits per heavy atom. The average Bonchev–Trinajstić information content (AvgIpc) is 3.59. The van der Waals surface area contributed by atoms with Crippen molar-refractivity contribution in [3.63, 3.8) is 0 Å². The lowest BCUT2D eigenvalue weighted by Crippen LogP contribution is -2.17. The van der Waals surface area contributed by atoms with Crippen LogP contribution < -0.4 is 5.56 Å². The minimum absolute atomic E-state index is 0.0628. The van der Waals surface area contributed by atoms with E-state index < -0.39 is 0 Å². The molecule has 5 aromatic rings. The lowest BCUT2D eigenvalue weighted by Gasteiger charge is -2.14. The maximum atomic E-state index is 12.3. The molecular weight excluding hydrogens is 444 g/mol. The zero-order valence-electron chi connectivity index (χ0n) is 17.1. The van der Waals surface area contributed by atoms with Gasteiger partial charge >= 0.3 is 0 Å². The molecule has 0 spiro atoms. The third-order valence-corrected chi connectivity index (χ3v) is 7.42. The van der Waals surface area contributed by atoms with Crippen molar-refractivity contribution in [2.45, 2.75) is 36.4 Å². The topological polar surface area (TPSA) is 90.1 Å². The van der Waals surface area contributed by atoms with Gasteiger partial charge in [-0.25, -0.2) is 4.98 Å². The minimum atomic E-state index is -0.0628. The van der Waals surface area contributed by atoms with Gasteiger partial charge in [-0.2, -0.15) is 0 Å². The fraction of sp³-hybridized carbons (Fsp3) is 0.273. The van der Waals surface area contributed by atoms with Crippen LogP contribution >= 0.6 is 23.1 Å². The van der Waals surface area contributed by atoms with Gasteiger partial charge in [-0.1, -0.05) is 30.0 Å². The van der Waals surface area contributed by atoms with Crippen molar-refractivity contribution in [3.8, 4) is 11.4 Å². The monoisotopic (exact) mass is 464 g/mol. The quantitative estimate of drug-likeness (QED) is 0.383. The van der Waals surface area contributed by atoms with E-state index >= 15 is 0 Å². The summed E-state index contributed by atoms with van der Waals surface area (Å²) in [5, 5.41) is 12.8. The number of hydrogen-bond donors (Lipinski definition) is 1. The summed E-state index contributed by atoms with van der Waals surface area (Å²) < 4.78 is 9.62. The number of nitrogens with zero attached hydrogens (tertiary/aromatic N) is 5. The number of nitrogens with one attached hydrogen (secondary N) is 1. The van der Waals surface area contributed by atoms with Gasteiger partial charge in [0.25, 0.3) is 5.56 Å². The standard InChI is InChI=1S/C22H20N6O2S2/c29-19-10-14(24-21-27(19)7-9-31-21)13-32-22-26-25-20(28(22)12-15-4-3-8-30-15)17-11-23-18-6-2-1-5-16(17)18/h1-2,5-7,9-11,15,23H,3-4,8,12-13H2. The van der Waals surface area contributed by atoms with E-state index in [0.717, 1.165) is 52.6 Å². The highest BCUT2D eigenvalue weighted by molar-refractivity contribution is 7.98. The van der Waals surface area contributed by atoms with Gasteiger partial charge in [0.15, 0.2) is 15.9 Å². The summed E-state index contributed by atoms with van der Waals surface area (Å²) >= 11 is 3.00. The first-order valence-corrected chi connectivity index (χ1v) is 12.3. The predicted octanol–water partition coefficient (Wildman–Crippen LogP) is 3.97. The van der Waals surface area contributed by atoms with Gasteiger partial charge in [0.05, 0.1) is 18.3 Å². The highest BCUT2D eigenvalue weighted by atomic mass is 32.2. The van der Waals surface area contributed by atoms with Crippen LogP contribution in [0.25, 0.3) is 27.3 Å². The number of hydrogen-bond acceptors (Lipinski definition) is 7. The van der Waals surface area contributed by atoms with E-state index in [1.165, 1.54) is 11.3 Å². The summed E-state index contributed by atoms with van der Waals surface area (Å²) in [6, 6.07) is 9.78. The van der Waals surface area contributed by atoms with Crippen LogP contribution in [0, 0.1) is 0 Å². The van der Waals surface area contributed by atoms with Gasteiger partial charge in [0, 0.05) is 52.7 Å². The van der Waals surface area contributed by atoms with E-state index in [-0.39, 0.29) is 11.7 Å².